The zero-order valence-electron chi connectivity index (χ0n) is 15.9. The average molecular weight is 385 g/mol. The first-order valence-corrected chi connectivity index (χ1v) is 7.86. The van der Waals surface area contributed by atoms with Gasteiger partial charge in [-0.2, -0.15) is 0 Å². The fourth-order valence-corrected chi connectivity index (χ4v) is 2.67. The molecule has 0 radical (unpaired) electrons. The Balaban J connectivity index is 2.57. The van der Waals surface area contributed by atoms with Crippen LogP contribution in [0.25, 0.3) is 0 Å². The predicted molar refractivity (Wildman–Crippen MR) is 87.6 cm³/mol. The van der Waals surface area contributed by atoms with Crippen LogP contribution in [0.5, 0.6) is 0 Å². The third kappa shape index (κ3) is 4.61. The molecule has 1 aliphatic heterocycles. The molecule has 0 amide bonds. The molecule has 1 fully saturated rings. The van der Waals surface area contributed by atoms with Crippen molar-refractivity contribution in [3.63, 3.8) is 0 Å². The molecule has 11 nitrogen and oxygen atoms in total. The van der Waals surface area contributed by atoms with E-state index in [1.54, 1.807) is 0 Å². The first kappa shape index (κ1) is 18.8. The topological polar surface area (TPSA) is 143 Å². The summed E-state index contributed by atoms with van der Waals surface area (Å²) in [6, 6.07) is 1.04. The number of aromatic nitrogens is 2. The van der Waals surface area contributed by atoms with Gasteiger partial charge in [0.15, 0.2) is 18.4 Å². The lowest BCUT2D eigenvalue weighted by atomic mass is 9.97. The van der Waals surface area contributed by atoms with Crippen molar-refractivity contribution in [3.8, 4) is 0 Å². The third-order valence-corrected chi connectivity index (χ3v) is 3.69. The Bertz CT molecular complexity index is 879. The summed E-state index contributed by atoms with van der Waals surface area (Å²) in [4.78, 5) is 60.1. The van der Waals surface area contributed by atoms with Crippen molar-refractivity contribution in [3.05, 3.63) is 33.1 Å². The molecule has 27 heavy (non-hydrogen) atoms. The van der Waals surface area contributed by atoms with E-state index in [0.717, 1.165) is 37.6 Å². The summed E-state index contributed by atoms with van der Waals surface area (Å²) >= 11 is 0. The normalized spacial score (nSPS) is 27.5. The van der Waals surface area contributed by atoms with Gasteiger partial charge in [-0.25, -0.2) is 4.79 Å². The highest BCUT2D eigenvalue weighted by atomic mass is 16.7. The van der Waals surface area contributed by atoms with Crippen LogP contribution in [0.2, 0.25) is 0 Å². The number of nitrogens with zero attached hydrogens (tertiary/aromatic N) is 1. The van der Waals surface area contributed by atoms with Gasteiger partial charge in [0, 0.05) is 34.4 Å². The lowest BCUT2D eigenvalue weighted by Crippen LogP contribution is -2.48. The second-order valence-electron chi connectivity index (χ2n) is 5.97. The molecule has 1 aromatic heterocycles. The number of H-pyrrole nitrogens is 1. The Morgan fingerprint density at radius 1 is 1.22 bits per heavy atom. The van der Waals surface area contributed by atoms with Crippen molar-refractivity contribution in [2.75, 3.05) is 6.61 Å². The van der Waals surface area contributed by atoms with E-state index >= 15 is 0 Å². The van der Waals surface area contributed by atoms with E-state index in [0.29, 0.717) is 0 Å². The van der Waals surface area contributed by atoms with Crippen LogP contribution in [0.3, 0.4) is 0 Å². The molecule has 1 N–H and O–H groups in total. The third-order valence-electron chi connectivity index (χ3n) is 3.69. The molecule has 0 spiro atoms. The first-order valence-electron chi connectivity index (χ1n) is 8.56. The number of hydrogen-bond donors (Lipinski definition) is 1. The summed E-state index contributed by atoms with van der Waals surface area (Å²) in [6.07, 6.45) is -2.93. The number of rotatable bonds is 5. The molecule has 0 aliphatic carbocycles. The summed E-state index contributed by atoms with van der Waals surface area (Å²) in [5, 5.41) is 0. The SMILES string of the molecule is [2H]C[C@]1(COC(C)=O)O[C@@H](n2ccc(=O)[nH]c2=O)[C@H](OC(C)=O)[C@@H]1OC(C)=O. The maximum atomic E-state index is 12.2. The van der Waals surface area contributed by atoms with Crippen molar-refractivity contribution < 1.29 is 34.7 Å². The Labute approximate surface area is 154 Å². The highest BCUT2D eigenvalue weighted by Gasteiger charge is 2.58. The van der Waals surface area contributed by atoms with Gasteiger partial charge >= 0.3 is 23.6 Å². The molecule has 0 aromatic carbocycles. The van der Waals surface area contributed by atoms with Crippen molar-refractivity contribution >= 4 is 17.9 Å². The van der Waals surface area contributed by atoms with Gasteiger partial charge in [0.25, 0.3) is 5.56 Å². The van der Waals surface area contributed by atoms with Crippen molar-refractivity contribution in [1.82, 2.24) is 9.55 Å². The molecular formula is C16H20N2O9. The Morgan fingerprint density at radius 3 is 2.41 bits per heavy atom. The Hall–Kier alpha value is -2.95. The Kier molecular flexibility index (Phi) is 5.40. The smallest absolute Gasteiger partial charge is 0.330 e. The standard InChI is InChI=1S/C16H20N2O9/c1-8(19)24-7-16(4)13(26-10(3)21)12(25-9(2)20)14(27-16)18-6-5-11(22)17-15(18)23/h5-6,12-14H,7H2,1-4H3,(H,17,22,23)/t12-,13+,14-,16-/m1/s1/i4D. The molecule has 0 saturated carbocycles. The molecule has 1 saturated heterocycles. The quantitative estimate of drug-likeness (QED) is 0.511. The van der Waals surface area contributed by atoms with Gasteiger partial charge in [-0.3, -0.25) is 28.7 Å². The van der Waals surface area contributed by atoms with E-state index in [1.807, 2.05) is 4.98 Å². The Morgan fingerprint density at radius 2 is 1.89 bits per heavy atom. The molecule has 2 heterocycles. The van der Waals surface area contributed by atoms with Crippen LogP contribution in [-0.4, -0.2) is 51.9 Å². The monoisotopic (exact) mass is 385 g/mol. The van der Waals surface area contributed by atoms with Gasteiger partial charge in [-0.15, -0.1) is 0 Å². The van der Waals surface area contributed by atoms with Crippen LogP contribution in [0, 0.1) is 0 Å². The number of hydrogen-bond acceptors (Lipinski definition) is 9. The zero-order valence-corrected chi connectivity index (χ0v) is 14.9. The largest absolute Gasteiger partial charge is 0.463 e. The van der Waals surface area contributed by atoms with Crippen LogP contribution in [0.4, 0.5) is 0 Å². The lowest BCUT2D eigenvalue weighted by Gasteiger charge is -2.29. The maximum absolute atomic E-state index is 12.2. The second-order valence-corrected chi connectivity index (χ2v) is 5.97. The minimum absolute atomic E-state index is 0.490. The summed E-state index contributed by atoms with van der Waals surface area (Å²) in [5.41, 5.74) is -3.24. The van der Waals surface area contributed by atoms with Gasteiger partial charge in [0.05, 0.1) is 0 Å². The molecule has 1 aromatic rings. The molecule has 1 aliphatic rings. The van der Waals surface area contributed by atoms with Crippen LogP contribution in [0.1, 0.15) is 35.3 Å². The van der Waals surface area contributed by atoms with Crippen molar-refractivity contribution in [2.45, 2.75) is 51.7 Å². The van der Waals surface area contributed by atoms with E-state index in [1.165, 1.54) is 0 Å². The fraction of sp³-hybridized carbons (Fsp3) is 0.562. The van der Waals surface area contributed by atoms with E-state index in [4.69, 9.17) is 20.3 Å². The van der Waals surface area contributed by atoms with E-state index in [-0.39, 0.29) is 0 Å². The average Bonchev–Trinajstić information content (AvgIpc) is 2.86. The molecule has 11 heteroatoms. The predicted octanol–water partition coefficient (Wildman–Crippen LogP) is -0.749. The molecule has 148 valence electrons. The minimum atomic E-state index is -1.71. The molecule has 0 unspecified atom stereocenters. The summed E-state index contributed by atoms with van der Waals surface area (Å²) < 4.78 is 30.0. The summed E-state index contributed by atoms with van der Waals surface area (Å²) in [6.45, 7) is 2.30. The maximum Gasteiger partial charge on any atom is 0.330 e. The van der Waals surface area contributed by atoms with E-state index in [9.17, 15) is 24.0 Å². The van der Waals surface area contributed by atoms with Crippen LogP contribution in [0.15, 0.2) is 21.9 Å². The highest BCUT2D eigenvalue weighted by Crippen LogP contribution is 2.40. The molecule has 2 rings (SSSR count). The zero-order chi connectivity index (χ0) is 21.1. The summed E-state index contributed by atoms with van der Waals surface area (Å²) in [7, 11) is 0. The number of ether oxygens (including phenoxy) is 4. The number of carbonyl (C=O) groups is 3. The molecular weight excluding hydrogens is 364 g/mol. The van der Waals surface area contributed by atoms with E-state index < -0.39 is 66.7 Å². The van der Waals surface area contributed by atoms with Gasteiger partial charge < -0.3 is 18.9 Å². The lowest BCUT2D eigenvalue weighted by molar-refractivity contribution is -0.174. The van der Waals surface area contributed by atoms with Crippen LogP contribution < -0.4 is 11.2 Å². The van der Waals surface area contributed by atoms with Crippen molar-refractivity contribution in [1.29, 1.82) is 0 Å². The molecule has 4 atom stereocenters. The van der Waals surface area contributed by atoms with Gasteiger partial charge in [0.1, 0.15) is 12.2 Å². The van der Waals surface area contributed by atoms with Crippen molar-refractivity contribution in [2.24, 2.45) is 0 Å². The number of nitrogens with one attached hydrogen (secondary N) is 1. The van der Waals surface area contributed by atoms with Gasteiger partial charge in [0.2, 0.25) is 0 Å². The molecule has 0 bridgehead atoms. The highest BCUT2D eigenvalue weighted by molar-refractivity contribution is 5.68. The van der Waals surface area contributed by atoms with Gasteiger partial charge in [-0.05, 0) is 6.90 Å². The number of carbonyl (C=O) groups excluding carboxylic acids is 3. The minimum Gasteiger partial charge on any atom is -0.463 e. The number of esters is 3. The van der Waals surface area contributed by atoms with E-state index in [2.05, 4.69) is 0 Å². The first-order chi connectivity index (χ1) is 13.1. The second kappa shape index (κ2) is 7.74. The van der Waals surface area contributed by atoms with Gasteiger partial charge in [-0.1, -0.05) is 0 Å². The number of aromatic amines is 1. The van der Waals surface area contributed by atoms with Crippen LogP contribution >= 0.6 is 0 Å². The summed E-state index contributed by atoms with van der Waals surface area (Å²) in [5.74, 6) is -2.20. The van der Waals surface area contributed by atoms with Crippen LogP contribution in [-0.2, 0) is 33.3 Å². The fourth-order valence-electron chi connectivity index (χ4n) is 2.67.